The lowest BCUT2D eigenvalue weighted by atomic mass is 9.50. The SMILES string of the molecule is CN(C(=O)c1ccc([C@H]2CC3(C)[C@@H](CC[C@@]3(O)C(F)(F)C(F)(F)F)C3CCC4=CC(=O)CCC4=C32)cc1)c1ccccc1. The van der Waals surface area contributed by atoms with Gasteiger partial charge in [-0.25, -0.2) is 0 Å². The Labute approximate surface area is 247 Å². The molecule has 228 valence electrons. The fourth-order valence-corrected chi connectivity index (χ4v) is 8.53. The van der Waals surface area contributed by atoms with Crippen LogP contribution in [0.2, 0.25) is 0 Å². The minimum Gasteiger partial charge on any atom is -0.383 e. The van der Waals surface area contributed by atoms with E-state index >= 15 is 8.78 Å². The van der Waals surface area contributed by atoms with Crippen molar-refractivity contribution in [2.45, 2.75) is 75.5 Å². The smallest absolute Gasteiger partial charge is 0.383 e. The minimum atomic E-state index is -5.90. The van der Waals surface area contributed by atoms with Gasteiger partial charge in [0.25, 0.3) is 5.91 Å². The molecule has 2 fully saturated rings. The van der Waals surface area contributed by atoms with Crippen molar-refractivity contribution >= 4 is 17.4 Å². The lowest BCUT2D eigenvalue weighted by Crippen LogP contribution is -2.65. The summed E-state index contributed by atoms with van der Waals surface area (Å²) >= 11 is 0. The van der Waals surface area contributed by atoms with Crippen LogP contribution in [0.4, 0.5) is 27.6 Å². The van der Waals surface area contributed by atoms with E-state index in [4.69, 9.17) is 0 Å². The van der Waals surface area contributed by atoms with E-state index in [9.17, 15) is 27.9 Å². The molecule has 43 heavy (non-hydrogen) atoms. The summed E-state index contributed by atoms with van der Waals surface area (Å²) in [6.45, 7) is 1.40. The Morgan fingerprint density at radius 3 is 2.28 bits per heavy atom. The molecule has 0 spiro atoms. The van der Waals surface area contributed by atoms with Gasteiger partial charge in [0.2, 0.25) is 0 Å². The first kappa shape index (κ1) is 29.7. The van der Waals surface area contributed by atoms with Crippen LogP contribution in [0.5, 0.6) is 0 Å². The average Bonchev–Trinajstić information content (AvgIpc) is 3.27. The topological polar surface area (TPSA) is 57.6 Å². The van der Waals surface area contributed by atoms with E-state index in [1.807, 2.05) is 30.3 Å². The van der Waals surface area contributed by atoms with Crippen molar-refractivity contribution in [3.8, 4) is 0 Å². The Morgan fingerprint density at radius 1 is 0.953 bits per heavy atom. The van der Waals surface area contributed by atoms with Crippen molar-refractivity contribution in [3.05, 3.63) is 88.5 Å². The number of amides is 1. The fraction of sp³-hybridized carbons (Fsp3) is 0.471. The van der Waals surface area contributed by atoms with E-state index < -0.39 is 41.4 Å². The van der Waals surface area contributed by atoms with Gasteiger partial charge in [-0.15, -0.1) is 0 Å². The molecule has 4 aliphatic rings. The highest BCUT2D eigenvalue weighted by Crippen LogP contribution is 2.70. The molecular weight excluding hydrogens is 565 g/mol. The number of alkyl halides is 5. The summed E-state index contributed by atoms with van der Waals surface area (Å²) in [6.07, 6.45) is -3.06. The van der Waals surface area contributed by atoms with Crippen LogP contribution in [0.1, 0.15) is 73.7 Å². The second kappa shape index (κ2) is 10.1. The number of anilines is 1. The molecule has 2 aromatic rings. The highest BCUT2D eigenvalue weighted by molar-refractivity contribution is 6.05. The van der Waals surface area contributed by atoms with Gasteiger partial charge in [0.05, 0.1) is 0 Å². The van der Waals surface area contributed by atoms with Gasteiger partial charge in [-0.05, 0) is 97.4 Å². The number of para-hydroxylation sites is 1. The van der Waals surface area contributed by atoms with Crippen LogP contribution in [0, 0.1) is 17.3 Å². The molecule has 0 bridgehead atoms. The number of aliphatic hydroxyl groups is 1. The molecule has 0 aromatic heterocycles. The predicted octanol–water partition coefficient (Wildman–Crippen LogP) is 7.79. The van der Waals surface area contributed by atoms with Gasteiger partial charge in [-0.1, -0.05) is 42.8 Å². The zero-order valence-electron chi connectivity index (χ0n) is 24.1. The largest absolute Gasteiger partial charge is 0.456 e. The van der Waals surface area contributed by atoms with Crippen molar-refractivity contribution in [1.29, 1.82) is 0 Å². The molecule has 5 atom stereocenters. The normalized spacial score (nSPS) is 30.7. The molecule has 2 unspecified atom stereocenters. The predicted molar refractivity (Wildman–Crippen MR) is 152 cm³/mol. The number of hydrogen-bond donors (Lipinski definition) is 1. The third-order valence-electron chi connectivity index (χ3n) is 10.8. The molecule has 6 rings (SSSR count). The first-order valence-electron chi connectivity index (χ1n) is 14.8. The Hall–Kier alpha value is -3.33. The van der Waals surface area contributed by atoms with Gasteiger partial charge in [0.1, 0.15) is 5.60 Å². The second-order valence-electron chi connectivity index (χ2n) is 12.8. The van der Waals surface area contributed by atoms with Crippen LogP contribution < -0.4 is 4.90 Å². The maximum atomic E-state index is 15.2. The van der Waals surface area contributed by atoms with Gasteiger partial charge in [0, 0.05) is 36.1 Å². The van der Waals surface area contributed by atoms with Crippen molar-refractivity contribution in [3.63, 3.8) is 0 Å². The number of carbonyl (C=O) groups is 2. The van der Waals surface area contributed by atoms with Crippen LogP contribution >= 0.6 is 0 Å². The lowest BCUT2D eigenvalue weighted by Gasteiger charge is -2.56. The Bertz CT molecular complexity index is 1510. The minimum absolute atomic E-state index is 0.0282. The van der Waals surface area contributed by atoms with Crippen LogP contribution in [-0.2, 0) is 4.79 Å². The molecule has 4 aliphatic carbocycles. The highest BCUT2D eigenvalue weighted by atomic mass is 19.4. The first-order chi connectivity index (χ1) is 20.2. The third-order valence-corrected chi connectivity index (χ3v) is 10.8. The summed E-state index contributed by atoms with van der Waals surface area (Å²) in [5.41, 5.74) is -0.272. The monoisotopic (exact) mass is 599 g/mol. The maximum absolute atomic E-state index is 15.2. The number of halogens is 5. The Balaban J connectivity index is 1.43. The van der Waals surface area contributed by atoms with E-state index in [0.29, 0.717) is 42.5 Å². The number of benzene rings is 2. The van der Waals surface area contributed by atoms with Crippen LogP contribution in [0.3, 0.4) is 0 Å². The fourth-order valence-electron chi connectivity index (χ4n) is 8.53. The quantitative estimate of drug-likeness (QED) is 0.365. The molecule has 1 amide bonds. The summed E-state index contributed by atoms with van der Waals surface area (Å²) in [4.78, 5) is 27.0. The molecule has 0 saturated heterocycles. The zero-order chi connectivity index (χ0) is 30.9. The molecule has 0 radical (unpaired) electrons. The summed E-state index contributed by atoms with van der Waals surface area (Å²) in [7, 11) is 1.66. The van der Waals surface area contributed by atoms with Crippen LogP contribution in [-0.4, -0.2) is 41.5 Å². The number of fused-ring (bicyclic) bond motifs is 4. The van der Waals surface area contributed by atoms with Crippen molar-refractivity contribution < 1.29 is 36.6 Å². The van der Waals surface area contributed by atoms with Crippen molar-refractivity contribution in [2.24, 2.45) is 17.3 Å². The van der Waals surface area contributed by atoms with Gasteiger partial charge in [-0.3, -0.25) is 9.59 Å². The van der Waals surface area contributed by atoms with Crippen molar-refractivity contribution in [1.82, 2.24) is 0 Å². The van der Waals surface area contributed by atoms with E-state index in [-0.39, 0.29) is 30.4 Å². The summed E-state index contributed by atoms with van der Waals surface area (Å²) in [5, 5.41) is 11.4. The maximum Gasteiger partial charge on any atom is 0.456 e. The number of carbonyl (C=O) groups excluding carboxylic acids is 2. The van der Waals surface area contributed by atoms with E-state index in [0.717, 1.165) is 16.7 Å². The van der Waals surface area contributed by atoms with Crippen molar-refractivity contribution in [2.75, 3.05) is 11.9 Å². The molecule has 0 heterocycles. The second-order valence-corrected chi connectivity index (χ2v) is 12.8. The Kier molecular flexibility index (Phi) is 6.99. The standard InChI is InChI=1S/C34H34F5NO3/c1-31-19-27(20-8-10-21(11-9-20)30(42)40(2)23-6-4-3-5-7-23)29-25-15-13-24(41)18-22(25)12-14-26(29)28(31)16-17-32(31,43)33(35,36)34(37,38)39/h3-11,18,26-28,43H,12-17,19H2,1-2H3/t26?,27-,28+,31?,32+/m1/s1. The Morgan fingerprint density at radius 2 is 1.63 bits per heavy atom. The summed E-state index contributed by atoms with van der Waals surface area (Å²) < 4.78 is 71.7. The van der Waals surface area contributed by atoms with E-state index in [1.165, 1.54) is 11.8 Å². The lowest BCUT2D eigenvalue weighted by molar-refractivity contribution is -0.362. The van der Waals surface area contributed by atoms with Gasteiger partial charge < -0.3 is 10.0 Å². The molecular formula is C34H34F5NO3. The summed E-state index contributed by atoms with van der Waals surface area (Å²) in [6, 6.07) is 15.9. The highest BCUT2D eigenvalue weighted by Gasteiger charge is 2.79. The van der Waals surface area contributed by atoms with Gasteiger partial charge >= 0.3 is 12.1 Å². The number of hydrogen-bond acceptors (Lipinski definition) is 3. The molecule has 1 N–H and O–H groups in total. The van der Waals surface area contributed by atoms with Crippen LogP contribution in [0.25, 0.3) is 0 Å². The summed E-state index contributed by atoms with van der Waals surface area (Å²) in [5.74, 6) is -6.93. The van der Waals surface area contributed by atoms with Gasteiger partial charge in [0.15, 0.2) is 5.78 Å². The molecule has 9 heteroatoms. The third kappa shape index (κ3) is 4.40. The number of ketones is 1. The number of nitrogens with zero attached hydrogens (tertiary/aromatic N) is 1. The zero-order valence-corrected chi connectivity index (χ0v) is 24.1. The number of allylic oxidation sites excluding steroid dienone is 4. The molecule has 0 aliphatic heterocycles. The van der Waals surface area contributed by atoms with Crippen LogP contribution in [0.15, 0.2) is 77.4 Å². The van der Waals surface area contributed by atoms with E-state index in [1.54, 1.807) is 37.4 Å². The molecule has 2 saturated carbocycles. The van der Waals surface area contributed by atoms with E-state index in [2.05, 4.69) is 0 Å². The average molecular weight is 600 g/mol. The number of rotatable bonds is 4. The molecule has 2 aromatic carbocycles. The molecule has 4 nitrogen and oxygen atoms in total. The van der Waals surface area contributed by atoms with Gasteiger partial charge in [-0.2, -0.15) is 22.0 Å². The first-order valence-corrected chi connectivity index (χ1v) is 14.8.